The number of para-hydroxylation sites is 1. The lowest BCUT2D eigenvalue weighted by molar-refractivity contribution is -0.133. The number of anilines is 1. The fraction of sp³-hybridized carbons (Fsp3) is 0.167. The number of amides is 1. The van der Waals surface area contributed by atoms with Crippen molar-refractivity contribution in [1.29, 1.82) is 0 Å². The molecule has 0 unspecified atom stereocenters. The number of benzene rings is 1. The highest BCUT2D eigenvalue weighted by molar-refractivity contribution is 6.00. The first kappa shape index (κ1) is 12.0. The largest absolute Gasteiger partial charge is 0.478 e. The molecule has 0 aromatic heterocycles. The van der Waals surface area contributed by atoms with Gasteiger partial charge >= 0.3 is 5.97 Å². The number of nitrogens with zero attached hydrogens (tertiary/aromatic N) is 1. The molecule has 0 bridgehead atoms. The Labute approximate surface area is 93.8 Å². The van der Waals surface area contributed by atoms with Crippen LogP contribution < -0.4 is 4.90 Å². The van der Waals surface area contributed by atoms with Crippen LogP contribution in [0.15, 0.2) is 42.5 Å². The van der Waals surface area contributed by atoms with Gasteiger partial charge in [0.15, 0.2) is 0 Å². The Morgan fingerprint density at radius 1 is 1.31 bits per heavy atom. The number of hydrogen-bond donors (Lipinski definition) is 1. The number of hydrogen-bond acceptors (Lipinski definition) is 2. The molecule has 84 valence electrons. The molecule has 0 fully saturated rings. The summed E-state index contributed by atoms with van der Waals surface area (Å²) in [5.74, 6) is -1.44. The van der Waals surface area contributed by atoms with E-state index in [0.717, 1.165) is 5.69 Å². The Kier molecular flexibility index (Phi) is 3.83. The second-order valence-corrected chi connectivity index (χ2v) is 3.37. The minimum Gasteiger partial charge on any atom is -0.478 e. The molecule has 4 nitrogen and oxygen atoms in total. The molecule has 1 rings (SSSR count). The maximum absolute atomic E-state index is 11.7. The molecule has 0 aliphatic rings. The maximum atomic E-state index is 11.7. The van der Waals surface area contributed by atoms with E-state index in [0.29, 0.717) is 0 Å². The third kappa shape index (κ3) is 2.95. The predicted octanol–water partition coefficient (Wildman–Crippen LogP) is 1.68. The van der Waals surface area contributed by atoms with Crippen molar-refractivity contribution in [3.8, 4) is 0 Å². The standard InChI is InChI=1S/C12H13NO3/c1-9(12(15)16)8-11(14)13(2)10-6-4-3-5-7-10/h3-7H,1,8H2,2H3,(H,15,16). The van der Waals surface area contributed by atoms with Crippen molar-refractivity contribution in [2.75, 3.05) is 11.9 Å². The van der Waals surface area contributed by atoms with Crippen molar-refractivity contribution in [3.63, 3.8) is 0 Å². The Morgan fingerprint density at radius 2 is 1.88 bits per heavy atom. The molecule has 0 saturated heterocycles. The second kappa shape index (κ2) is 5.11. The first-order valence-electron chi connectivity index (χ1n) is 4.75. The summed E-state index contributed by atoms with van der Waals surface area (Å²) < 4.78 is 0. The average Bonchev–Trinajstić information content (AvgIpc) is 2.28. The van der Waals surface area contributed by atoms with Gasteiger partial charge in [0.2, 0.25) is 5.91 Å². The summed E-state index contributed by atoms with van der Waals surface area (Å²) in [7, 11) is 1.60. The Morgan fingerprint density at radius 3 is 2.38 bits per heavy atom. The van der Waals surface area contributed by atoms with Crippen LogP contribution in [0.3, 0.4) is 0 Å². The molecule has 1 aromatic carbocycles. The number of rotatable bonds is 4. The average molecular weight is 219 g/mol. The van der Waals surface area contributed by atoms with E-state index >= 15 is 0 Å². The van der Waals surface area contributed by atoms with Crippen LogP contribution in [0.5, 0.6) is 0 Å². The molecule has 0 aliphatic heterocycles. The van der Waals surface area contributed by atoms with Crippen LogP contribution >= 0.6 is 0 Å². The summed E-state index contributed by atoms with van der Waals surface area (Å²) in [6, 6.07) is 9.02. The van der Waals surface area contributed by atoms with Gasteiger partial charge in [-0.05, 0) is 12.1 Å². The van der Waals surface area contributed by atoms with Crippen molar-refractivity contribution in [2.45, 2.75) is 6.42 Å². The highest BCUT2D eigenvalue weighted by Crippen LogP contribution is 2.13. The molecule has 0 atom stereocenters. The summed E-state index contributed by atoms with van der Waals surface area (Å²) in [6.07, 6.45) is -0.180. The van der Waals surface area contributed by atoms with Crippen LogP contribution in [-0.2, 0) is 9.59 Å². The number of carbonyl (C=O) groups is 2. The molecule has 1 aromatic rings. The molecule has 16 heavy (non-hydrogen) atoms. The van der Waals surface area contributed by atoms with E-state index < -0.39 is 5.97 Å². The van der Waals surface area contributed by atoms with Crippen molar-refractivity contribution in [1.82, 2.24) is 0 Å². The number of aliphatic carboxylic acids is 1. The monoisotopic (exact) mass is 219 g/mol. The Balaban J connectivity index is 2.69. The van der Waals surface area contributed by atoms with Gasteiger partial charge in [0, 0.05) is 18.3 Å². The summed E-state index contributed by atoms with van der Waals surface area (Å²) in [6.45, 7) is 3.32. The first-order valence-corrected chi connectivity index (χ1v) is 4.75. The van der Waals surface area contributed by atoms with E-state index in [1.165, 1.54) is 4.90 Å². The van der Waals surface area contributed by atoms with Gasteiger partial charge in [0.1, 0.15) is 0 Å². The first-order chi connectivity index (χ1) is 7.52. The molecule has 0 saturated carbocycles. The molecule has 1 N–H and O–H groups in total. The Hall–Kier alpha value is -2.10. The van der Waals surface area contributed by atoms with Crippen LogP contribution in [0.1, 0.15) is 6.42 Å². The van der Waals surface area contributed by atoms with Crippen molar-refractivity contribution < 1.29 is 14.7 Å². The lowest BCUT2D eigenvalue weighted by Gasteiger charge is -2.16. The molecular weight excluding hydrogens is 206 g/mol. The van der Waals surface area contributed by atoms with Crippen molar-refractivity contribution in [2.24, 2.45) is 0 Å². The molecule has 1 amide bonds. The zero-order chi connectivity index (χ0) is 12.1. The van der Waals surface area contributed by atoms with Gasteiger partial charge in [0.05, 0.1) is 6.42 Å². The third-order valence-corrected chi connectivity index (χ3v) is 2.18. The highest BCUT2D eigenvalue weighted by Gasteiger charge is 2.15. The van der Waals surface area contributed by atoms with Crippen molar-refractivity contribution in [3.05, 3.63) is 42.5 Å². The van der Waals surface area contributed by atoms with Crippen LogP contribution in [0.4, 0.5) is 5.69 Å². The van der Waals surface area contributed by atoms with E-state index in [4.69, 9.17) is 5.11 Å². The normalized spacial score (nSPS) is 9.56. The topological polar surface area (TPSA) is 57.6 Å². The van der Waals surface area contributed by atoms with Gasteiger partial charge in [-0.15, -0.1) is 0 Å². The fourth-order valence-electron chi connectivity index (χ4n) is 1.17. The number of carboxylic acid groups (broad SMARTS) is 1. The van der Waals surface area contributed by atoms with E-state index in [-0.39, 0.29) is 17.9 Å². The van der Waals surface area contributed by atoms with Crippen LogP contribution in [0.25, 0.3) is 0 Å². The zero-order valence-electron chi connectivity index (χ0n) is 9.01. The predicted molar refractivity (Wildman–Crippen MR) is 61.2 cm³/mol. The van der Waals surface area contributed by atoms with Crippen LogP contribution in [0.2, 0.25) is 0 Å². The number of carboxylic acids is 1. The van der Waals surface area contributed by atoms with Crippen molar-refractivity contribution >= 4 is 17.6 Å². The lowest BCUT2D eigenvalue weighted by Crippen LogP contribution is -2.27. The van der Waals surface area contributed by atoms with Gasteiger partial charge in [-0.1, -0.05) is 24.8 Å². The SMILES string of the molecule is C=C(CC(=O)N(C)c1ccccc1)C(=O)O. The van der Waals surface area contributed by atoms with E-state index in [1.807, 2.05) is 18.2 Å². The minimum absolute atomic E-state index is 0.104. The molecule has 0 radical (unpaired) electrons. The van der Waals surface area contributed by atoms with Gasteiger partial charge in [-0.3, -0.25) is 4.79 Å². The van der Waals surface area contributed by atoms with Gasteiger partial charge in [0.25, 0.3) is 0 Å². The molecule has 0 spiro atoms. The molecule has 4 heteroatoms. The number of carbonyl (C=O) groups excluding carboxylic acids is 1. The van der Waals surface area contributed by atoms with Gasteiger partial charge < -0.3 is 10.0 Å². The zero-order valence-corrected chi connectivity index (χ0v) is 9.01. The molecule has 0 aliphatic carbocycles. The summed E-state index contributed by atoms with van der Waals surface area (Å²) >= 11 is 0. The van der Waals surface area contributed by atoms with Crippen LogP contribution in [-0.4, -0.2) is 24.0 Å². The fourth-order valence-corrected chi connectivity index (χ4v) is 1.17. The smallest absolute Gasteiger partial charge is 0.331 e. The molecular formula is C12H13NO3. The van der Waals surface area contributed by atoms with E-state index in [9.17, 15) is 9.59 Å². The second-order valence-electron chi connectivity index (χ2n) is 3.37. The highest BCUT2D eigenvalue weighted by atomic mass is 16.4. The van der Waals surface area contributed by atoms with Crippen LogP contribution in [0, 0.1) is 0 Å². The van der Waals surface area contributed by atoms with E-state index in [1.54, 1.807) is 19.2 Å². The van der Waals surface area contributed by atoms with Gasteiger partial charge in [-0.25, -0.2) is 4.79 Å². The quantitative estimate of drug-likeness (QED) is 0.784. The Bertz CT molecular complexity index is 412. The lowest BCUT2D eigenvalue weighted by atomic mass is 10.2. The summed E-state index contributed by atoms with van der Waals surface area (Å²) in [5, 5.41) is 8.61. The summed E-state index contributed by atoms with van der Waals surface area (Å²) in [4.78, 5) is 23.6. The minimum atomic E-state index is -1.14. The van der Waals surface area contributed by atoms with Gasteiger partial charge in [-0.2, -0.15) is 0 Å². The summed E-state index contributed by atoms with van der Waals surface area (Å²) in [5.41, 5.74) is 0.624. The molecule has 0 heterocycles. The maximum Gasteiger partial charge on any atom is 0.331 e. The third-order valence-electron chi connectivity index (χ3n) is 2.18. The van der Waals surface area contributed by atoms with E-state index in [2.05, 4.69) is 6.58 Å².